The van der Waals surface area contributed by atoms with Gasteiger partial charge >= 0.3 is 0 Å². The zero-order chi connectivity index (χ0) is 56.7. The highest BCUT2D eigenvalue weighted by molar-refractivity contribution is 8.38. The topological polar surface area (TPSA) is 0 Å². The smallest absolute Gasteiger partial charge is 0.133 e. The predicted molar refractivity (Wildman–Crippen MR) is 391 cm³/mol. The van der Waals surface area contributed by atoms with Crippen molar-refractivity contribution in [2.45, 2.75) is 360 Å². The van der Waals surface area contributed by atoms with E-state index in [1.807, 2.05) is 0 Å². The van der Waals surface area contributed by atoms with Crippen LogP contribution in [-0.2, 0) is 0 Å². The summed E-state index contributed by atoms with van der Waals surface area (Å²) in [5, 5.41) is 0.607. The molecule has 0 aromatic heterocycles. The maximum absolute atomic E-state index is 2.63. The van der Waals surface area contributed by atoms with E-state index in [0.29, 0.717) is 5.25 Å². The first-order chi connectivity index (χ1) is 37.8. The fourth-order valence-corrected chi connectivity index (χ4v) is 33.5. The molecule has 0 aromatic carbocycles. The van der Waals surface area contributed by atoms with E-state index in [0.717, 1.165) is 0 Å². The Hall–Kier alpha value is 3.50. The maximum Gasteiger partial charge on any atom is 0.133 e. The summed E-state index contributed by atoms with van der Waals surface area (Å²) in [6.07, 6.45) is 60.7. The average molecular weight is 1260 g/mol. The first-order valence-corrected chi connectivity index (χ1v) is 44.3. The number of unbranched alkanes of at least 4 members (excludes halogenated alkanes) is 32. The van der Waals surface area contributed by atoms with Crippen LogP contribution in [0.2, 0.25) is 0 Å². The van der Waals surface area contributed by atoms with Crippen LogP contribution in [0.25, 0.3) is 0 Å². The molecule has 0 heterocycles. The van der Waals surface area contributed by atoms with E-state index in [2.05, 4.69) is 193 Å². The van der Waals surface area contributed by atoms with Gasteiger partial charge < -0.3 is 0 Å². The van der Waals surface area contributed by atoms with Gasteiger partial charge in [0.1, 0.15) is 11.6 Å². The van der Waals surface area contributed by atoms with Gasteiger partial charge in [0, 0.05) is 5.25 Å². The number of rotatable bonds is 65. The van der Waals surface area contributed by atoms with Crippen molar-refractivity contribution in [3.63, 3.8) is 0 Å². The van der Waals surface area contributed by atoms with E-state index < -0.39 is 0 Å². The van der Waals surface area contributed by atoms with Crippen molar-refractivity contribution in [2.24, 2.45) is 0 Å². The lowest BCUT2D eigenvalue weighted by Gasteiger charge is -2.65. The Morgan fingerprint density at radius 1 is 0.234 bits per heavy atom. The van der Waals surface area contributed by atoms with E-state index in [4.69, 9.17) is 0 Å². The zero-order valence-corrected chi connectivity index (χ0v) is 61.9. The lowest BCUT2D eigenvalue weighted by atomic mass is 10.0. The summed E-state index contributed by atoms with van der Waals surface area (Å²) in [7, 11) is 0. The van der Waals surface area contributed by atoms with Gasteiger partial charge in [-0.3, -0.25) is 0 Å². The Labute approximate surface area is 530 Å². The van der Waals surface area contributed by atoms with Gasteiger partial charge in [-0.2, -0.15) is 11.8 Å². The highest BCUT2D eigenvalue weighted by Gasteiger charge is 2.73. The molecule has 0 saturated heterocycles. The Morgan fingerprint density at radius 3 is 0.844 bits per heavy atom. The fourth-order valence-electron chi connectivity index (χ4n) is 10.6. The van der Waals surface area contributed by atoms with Gasteiger partial charge in [-0.15, -0.1) is 106 Å². The van der Waals surface area contributed by atoms with Crippen LogP contribution in [0.4, 0.5) is 0 Å². The van der Waals surface area contributed by atoms with Gasteiger partial charge in [-0.1, -0.05) is 281 Å². The van der Waals surface area contributed by atoms with Crippen molar-refractivity contribution < 1.29 is 0 Å². The lowest BCUT2D eigenvalue weighted by molar-refractivity contribution is 0.551. The first-order valence-electron chi connectivity index (χ1n) is 34.1. The molecule has 464 valence electrons. The standard InChI is InChI=1S/C67H136S10/c1-12-22-30-36-39-41-45-52-61-76-67(75-60-51-44-38-32-24-14-3,77-62-53-46-42-40-37-31-23-13-2)66(73-58-49-35-27-17-6,74-59-50-43-33-25-15-4)65(71-56-29-19-8,72-57-48-28-18-7)64(69-21-10,70-55-20-9)63(68-11)54-47-34-26-16-5/h63H,12-62H2,1-11H3. The van der Waals surface area contributed by atoms with Crippen molar-refractivity contribution in [2.75, 3.05) is 58.0 Å². The summed E-state index contributed by atoms with van der Waals surface area (Å²) in [4.78, 5) is 0. The van der Waals surface area contributed by atoms with Crippen LogP contribution in [0.1, 0.15) is 339 Å². The van der Waals surface area contributed by atoms with Crippen molar-refractivity contribution >= 4 is 118 Å². The quantitative estimate of drug-likeness (QED) is 0.0425. The molecule has 0 spiro atoms. The Bertz CT molecular complexity index is 1160. The van der Waals surface area contributed by atoms with E-state index in [1.165, 1.54) is 321 Å². The van der Waals surface area contributed by atoms with Crippen LogP contribution < -0.4 is 0 Å². The Kier molecular flexibility index (Phi) is 61.2. The molecule has 0 radical (unpaired) electrons. The number of hydrogen-bond acceptors (Lipinski definition) is 10. The third-order valence-electron chi connectivity index (χ3n) is 15.3. The van der Waals surface area contributed by atoms with E-state index in [9.17, 15) is 0 Å². The molecule has 0 amide bonds. The van der Waals surface area contributed by atoms with Crippen LogP contribution in [0, 0.1) is 0 Å². The van der Waals surface area contributed by atoms with Gasteiger partial charge in [0.05, 0.1) is 4.08 Å². The van der Waals surface area contributed by atoms with Gasteiger partial charge in [0.15, 0.2) is 0 Å². The molecule has 4 atom stereocenters. The highest BCUT2D eigenvalue weighted by Crippen LogP contribution is 2.78. The zero-order valence-electron chi connectivity index (χ0n) is 53.7. The molecule has 77 heavy (non-hydrogen) atoms. The van der Waals surface area contributed by atoms with Crippen molar-refractivity contribution in [1.82, 2.24) is 0 Å². The van der Waals surface area contributed by atoms with Gasteiger partial charge in [-0.25, -0.2) is 0 Å². The first kappa shape index (κ1) is 80.5. The molecule has 0 aliphatic carbocycles. The summed E-state index contributed by atoms with van der Waals surface area (Å²) in [5.41, 5.74) is 0. The largest absolute Gasteiger partial charge is 0.160 e. The Balaban J connectivity index is 9.20. The lowest BCUT2D eigenvalue weighted by Crippen LogP contribution is -2.68. The number of hydrogen-bond donors (Lipinski definition) is 0. The second kappa shape index (κ2) is 58.5. The third kappa shape index (κ3) is 34.6. The normalized spacial score (nSPS) is 15.0. The number of thioether (sulfide) groups is 10. The summed E-state index contributed by atoms with van der Waals surface area (Å²) in [6, 6.07) is 0. The predicted octanol–water partition coefficient (Wildman–Crippen LogP) is 27.6. The van der Waals surface area contributed by atoms with Crippen LogP contribution in [-0.4, -0.2) is 78.9 Å². The summed E-state index contributed by atoms with van der Waals surface area (Å²) in [6.45, 7) is 24.5. The maximum atomic E-state index is 2.63. The van der Waals surface area contributed by atoms with Crippen LogP contribution in [0.5, 0.6) is 0 Å². The van der Waals surface area contributed by atoms with E-state index in [1.54, 1.807) is 0 Å². The molecule has 0 aromatic rings. The molecule has 10 heteroatoms. The van der Waals surface area contributed by atoms with Crippen molar-refractivity contribution in [1.29, 1.82) is 0 Å². The summed E-state index contributed by atoms with van der Waals surface area (Å²) in [5.74, 6) is 11.7. The second-order valence-corrected chi connectivity index (χ2v) is 37.1. The SMILES string of the molecule is CCCCCCCCCCSC(SCCCCCCCC)(SCCCCCCCCCC)C(SCCCCCC)(SCCCCCCC)C(SCCCC)(SCCCCC)C(SCC)(SCCC)C(CCCCCC)SC. The van der Waals surface area contributed by atoms with Crippen LogP contribution in [0.15, 0.2) is 0 Å². The molecule has 0 bridgehead atoms. The van der Waals surface area contributed by atoms with Crippen molar-refractivity contribution in [3.8, 4) is 0 Å². The molecule has 0 aliphatic heterocycles. The molecule has 0 fully saturated rings. The average Bonchev–Trinajstić information content (AvgIpc) is 3.50. The Morgan fingerprint density at radius 2 is 0.506 bits per heavy atom. The third-order valence-corrected chi connectivity index (χ3v) is 35.3. The highest BCUT2D eigenvalue weighted by atomic mass is 32.3. The molecular formula is C67H136S10. The minimum Gasteiger partial charge on any atom is -0.160 e. The van der Waals surface area contributed by atoms with Gasteiger partial charge in [0.25, 0.3) is 0 Å². The fraction of sp³-hybridized carbons (Fsp3) is 1.00. The van der Waals surface area contributed by atoms with Gasteiger partial charge in [0.2, 0.25) is 0 Å². The second-order valence-electron chi connectivity index (χ2n) is 22.5. The summed E-state index contributed by atoms with van der Waals surface area (Å²) < 4.78 is 0.0954. The molecule has 0 saturated carbocycles. The van der Waals surface area contributed by atoms with E-state index >= 15 is 0 Å². The molecule has 0 aliphatic rings. The monoisotopic (exact) mass is 1260 g/mol. The van der Waals surface area contributed by atoms with E-state index in [-0.39, 0.29) is 15.6 Å². The molecule has 0 rings (SSSR count). The molecule has 0 nitrogen and oxygen atoms in total. The van der Waals surface area contributed by atoms with Crippen molar-refractivity contribution in [3.05, 3.63) is 0 Å². The molecule has 4 unspecified atom stereocenters. The van der Waals surface area contributed by atoms with Crippen LogP contribution >= 0.6 is 118 Å². The minimum absolute atomic E-state index is 0.00194. The molecule has 0 N–H and O–H groups in total. The summed E-state index contributed by atoms with van der Waals surface area (Å²) >= 11 is 25.6. The van der Waals surface area contributed by atoms with Crippen LogP contribution in [0.3, 0.4) is 0 Å². The minimum atomic E-state index is -0.00488. The van der Waals surface area contributed by atoms with Gasteiger partial charge in [-0.05, 0) is 116 Å². The molecular weight excluding hydrogens is 1130 g/mol.